The number of hydrogen-bond acceptors (Lipinski definition) is 3. The molecule has 1 unspecified atom stereocenters. The quantitative estimate of drug-likeness (QED) is 0.819. The molecule has 0 aromatic heterocycles. The molecule has 19 heavy (non-hydrogen) atoms. The molecule has 1 aliphatic heterocycles. The average molecular weight is 258 g/mol. The molecule has 0 saturated carbocycles. The molecule has 3 heteroatoms. The zero-order valence-corrected chi connectivity index (χ0v) is 11.9. The fourth-order valence-electron chi connectivity index (χ4n) is 2.37. The lowest BCUT2D eigenvalue weighted by atomic mass is 10.0. The molecular formula is C16H22N2O. The van der Waals surface area contributed by atoms with E-state index in [0.717, 1.165) is 42.5 Å². The lowest BCUT2D eigenvalue weighted by Gasteiger charge is -2.30. The Labute approximate surface area is 115 Å². The molecule has 1 heterocycles. The zero-order valence-electron chi connectivity index (χ0n) is 11.9. The summed E-state index contributed by atoms with van der Waals surface area (Å²) in [5.41, 5.74) is 4.06. The molecule has 1 atom stereocenters. The van der Waals surface area contributed by atoms with Gasteiger partial charge in [0.2, 0.25) is 0 Å². The number of aliphatic imine (C=N–C) groups is 1. The standard InChI is InChI=1S/C16H22N2O/c1-12(11-19)15-6-4-5-7-16(15)17-14-8-9-18(3)13(2)10-14/h4-7,11,13,19H,8-10H2,1-3H3. The van der Waals surface area contributed by atoms with E-state index in [0.29, 0.717) is 6.04 Å². The van der Waals surface area contributed by atoms with Crippen molar-refractivity contribution in [2.75, 3.05) is 13.6 Å². The van der Waals surface area contributed by atoms with Gasteiger partial charge in [-0.05, 0) is 39.0 Å². The monoisotopic (exact) mass is 258 g/mol. The highest BCUT2D eigenvalue weighted by atomic mass is 16.2. The minimum absolute atomic E-state index is 0.550. The van der Waals surface area contributed by atoms with Crippen LogP contribution in [0.5, 0.6) is 0 Å². The third kappa shape index (κ3) is 3.24. The highest BCUT2D eigenvalue weighted by Gasteiger charge is 2.19. The molecule has 1 aromatic rings. The summed E-state index contributed by atoms with van der Waals surface area (Å²) in [6.07, 6.45) is 3.19. The molecule has 102 valence electrons. The predicted octanol–water partition coefficient (Wildman–Crippen LogP) is 3.79. The Morgan fingerprint density at radius 3 is 2.84 bits per heavy atom. The molecule has 3 nitrogen and oxygen atoms in total. The number of likely N-dealkylation sites (tertiary alicyclic amines) is 1. The maximum Gasteiger partial charge on any atom is 0.0827 e. The molecule has 2 rings (SSSR count). The molecule has 0 bridgehead atoms. The Hall–Kier alpha value is -1.61. The summed E-state index contributed by atoms with van der Waals surface area (Å²) >= 11 is 0. The fourth-order valence-corrected chi connectivity index (χ4v) is 2.37. The Balaban J connectivity index is 2.28. The molecule has 0 spiro atoms. The SMILES string of the molecule is CC(=CO)c1ccccc1N=C1CCN(C)C(C)C1. The van der Waals surface area contributed by atoms with Crippen LogP contribution in [-0.4, -0.2) is 35.4 Å². The minimum Gasteiger partial charge on any atom is -0.515 e. The van der Waals surface area contributed by atoms with Crippen molar-refractivity contribution in [2.45, 2.75) is 32.7 Å². The molecular weight excluding hydrogens is 236 g/mol. The molecule has 1 saturated heterocycles. The van der Waals surface area contributed by atoms with Gasteiger partial charge in [-0.15, -0.1) is 0 Å². The number of benzene rings is 1. The van der Waals surface area contributed by atoms with Crippen molar-refractivity contribution < 1.29 is 5.11 Å². The highest BCUT2D eigenvalue weighted by molar-refractivity contribution is 5.89. The predicted molar refractivity (Wildman–Crippen MR) is 81.1 cm³/mol. The summed E-state index contributed by atoms with van der Waals surface area (Å²) in [6, 6.07) is 8.53. The van der Waals surface area contributed by atoms with Crippen LogP contribution in [-0.2, 0) is 0 Å². The summed E-state index contributed by atoms with van der Waals surface area (Å²) in [5.74, 6) is 0. The lowest BCUT2D eigenvalue weighted by molar-refractivity contribution is 0.253. The summed E-state index contributed by atoms with van der Waals surface area (Å²) in [4.78, 5) is 7.17. The first-order valence-corrected chi connectivity index (χ1v) is 6.79. The van der Waals surface area contributed by atoms with Gasteiger partial charge in [-0.2, -0.15) is 0 Å². The van der Waals surface area contributed by atoms with Crippen LogP contribution in [0, 0.1) is 0 Å². The second-order valence-corrected chi connectivity index (χ2v) is 5.29. The Bertz CT molecular complexity index is 505. The van der Waals surface area contributed by atoms with Crippen LogP contribution in [0.3, 0.4) is 0 Å². The smallest absolute Gasteiger partial charge is 0.0827 e. The van der Waals surface area contributed by atoms with Gasteiger partial charge in [-0.1, -0.05) is 18.2 Å². The maximum atomic E-state index is 9.18. The highest BCUT2D eigenvalue weighted by Crippen LogP contribution is 2.27. The van der Waals surface area contributed by atoms with Gasteiger partial charge in [-0.3, -0.25) is 4.99 Å². The second-order valence-electron chi connectivity index (χ2n) is 5.29. The average Bonchev–Trinajstić information content (AvgIpc) is 2.43. The Morgan fingerprint density at radius 1 is 1.42 bits per heavy atom. The van der Waals surface area contributed by atoms with Crippen molar-refractivity contribution in [3.05, 3.63) is 36.1 Å². The zero-order chi connectivity index (χ0) is 13.8. The number of rotatable bonds is 2. The van der Waals surface area contributed by atoms with Crippen LogP contribution in [0.4, 0.5) is 5.69 Å². The summed E-state index contributed by atoms with van der Waals surface area (Å²) < 4.78 is 0. The third-order valence-corrected chi connectivity index (χ3v) is 3.84. The van der Waals surface area contributed by atoms with Gasteiger partial charge in [0.25, 0.3) is 0 Å². The van der Waals surface area contributed by atoms with Crippen molar-refractivity contribution in [1.29, 1.82) is 0 Å². The summed E-state index contributed by atoms with van der Waals surface area (Å²) in [7, 11) is 2.16. The van der Waals surface area contributed by atoms with E-state index in [-0.39, 0.29) is 0 Å². The minimum atomic E-state index is 0.550. The van der Waals surface area contributed by atoms with Crippen LogP contribution in [0.25, 0.3) is 5.57 Å². The van der Waals surface area contributed by atoms with Gasteiger partial charge in [-0.25, -0.2) is 0 Å². The molecule has 1 N–H and O–H groups in total. The summed E-state index contributed by atoms with van der Waals surface area (Å²) in [5, 5.41) is 9.18. The van der Waals surface area contributed by atoms with Crippen molar-refractivity contribution in [3.8, 4) is 0 Å². The van der Waals surface area contributed by atoms with Gasteiger partial charge in [0.15, 0.2) is 0 Å². The van der Waals surface area contributed by atoms with Crippen LogP contribution >= 0.6 is 0 Å². The van der Waals surface area contributed by atoms with E-state index in [4.69, 9.17) is 4.99 Å². The first-order valence-electron chi connectivity index (χ1n) is 6.79. The molecule has 0 amide bonds. The van der Waals surface area contributed by atoms with E-state index in [2.05, 4.69) is 18.9 Å². The van der Waals surface area contributed by atoms with E-state index >= 15 is 0 Å². The fraction of sp³-hybridized carbons (Fsp3) is 0.438. The number of nitrogens with zero attached hydrogens (tertiary/aromatic N) is 2. The van der Waals surface area contributed by atoms with Gasteiger partial charge in [0.05, 0.1) is 11.9 Å². The Morgan fingerprint density at radius 2 is 2.16 bits per heavy atom. The first kappa shape index (κ1) is 13.8. The van der Waals surface area contributed by atoms with Crippen molar-refractivity contribution in [3.63, 3.8) is 0 Å². The number of aliphatic hydroxyl groups is 1. The van der Waals surface area contributed by atoms with Gasteiger partial charge in [0, 0.05) is 30.3 Å². The molecule has 0 aliphatic carbocycles. The van der Waals surface area contributed by atoms with Crippen molar-refractivity contribution in [2.24, 2.45) is 4.99 Å². The molecule has 0 radical (unpaired) electrons. The van der Waals surface area contributed by atoms with E-state index in [1.165, 1.54) is 5.71 Å². The molecule has 1 fully saturated rings. The lowest BCUT2D eigenvalue weighted by Crippen LogP contribution is -2.37. The van der Waals surface area contributed by atoms with Gasteiger partial charge >= 0.3 is 0 Å². The van der Waals surface area contributed by atoms with E-state index in [9.17, 15) is 5.11 Å². The maximum absolute atomic E-state index is 9.18. The van der Waals surface area contributed by atoms with Crippen molar-refractivity contribution in [1.82, 2.24) is 4.90 Å². The van der Waals surface area contributed by atoms with Crippen LogP contribution in [0.1, 0.15) is 32.3 Å². The van der Waals surface area contributed by atoms with Crippen LogP contribution in [0.2, 0.25) is 0 Å². The number of aliphatic hydroxyl groups excluding tert-OH is 1. The summed E-state index contributed by atoms with van der Waals surface area (Å²) in [6.45, 7) is 5.20. The molecule has 1 aromatic carbocycles. The van der Waals surface area contributed by atoms with E-state index in [1.54, 1.807) is 0 Å². The van der Waals surface area contributed by atoms with Crippen molar-refractivity contribution >= 4 is 17.0 Å². The molecule has 1 aliphatic rings. The van der Waals surface area contributed by atoms with Crippen LogP contribution < -0.4 is 0 Å². The number of hydrogen-bond donors (Lipinski definition) is 1. The normalized spacial score (nSPS) is 23.8. The number of piperidine rings is 1. The van der Waals surface area contributed by atoms with E-state index < -0.39 is 0 Å². The topological polar surface area (TPSA) is 35.8 Å². The van der Waals surface area contributed by atoms with E-state index in [1.807, 2.05) is 31.2 Å². The van der Waals surface area contributed by atoms with Gasteiger partial charge < -0.3 is 10.0 Å². The Kier molecular flexibility index (Phi) is 4.38. The second kappa shape index (κ2) is 6.02. The van der Waals surface area contributed by atoms with Gasteiger partial charge in [0.1, 0.15) is 0 Å². The van der Waals surface area contributed by atoms with Crippen LogP contribution in [0.15, 0.2) is 35.5 Å². The first-order chi connectivity index (χ1) is 9.11. The number of para-hydroxylation sites is 1. The number of allylic oxidation sites excluding steroid dienone is 1. The largest absolute Gasteiger partial charge is 0.515 e. The third-order valence-electron chi connectivity index (χ3n) is 3.84.